The van der Waals surface area contributed by atoms with Crippen LogP contribution in [0.25, 0.3) is 0 Å². The van der Waals surface area contributed by atoms with Crippen molar-refractivity contribution in [2.45, 2.75) is 19.4 Å². The predicted molar refractivity (Wildman–Crippen MR) is 108 cm³/mol. The number of piperazine rings is 1. The number of hydrogen-bond acceptors (Lipinski definition) is 4. The number of carbonyl (C=O) groups is 2. The molecule has 2 aromatic carbocycles. The summed E-state index contributed by atoms with van der Waals surface area (Å²) >= 11 is 0. The molecule has 0 saturated carbocycles. The summed E-state index contributed by atoms with van der Waals surface area (Å²) in [5.74, 6) is 0.906. The highest BCUT2D eigenvalue weighted by Gasteiger charge is 2.29. The van der Waals surface area contributed by atoms with E-state index >= 15 is 0 Å². The Bertz CT molecular complexity index is 792. The summed E-state index contributed by atoms with van der Waals surface area (Å²) in [6.45, 7) is 3.68. The van der Waals surface area contributed by atoms with E-state index in [1.54, 1.807) is 26.2 Å². The molecule has 3 rings (SSSR count). The number of carbonyl (C=O) groups excluding carboxylic acids is 2. The van der Waals surface area contributed by atoms with E-state index in [4.69, 9.17) is 4.74 Å². The Hall–Kier alpha value is -2.37. The SMILES string of the molecule is COc1ccccc1C1CNCCN1C(=O)Cc1ccc(C(C)=O)cc1.Cl. The first-order valence-electron chi connectivity index (χ1n) is 8.83. The highest BCUT2D eigenvalue weighted by Crippen LogP contribution is 2.30. The molecular weight excluding hydrogens is 364 g/mol. The molecule has 0 radical (unpaired) electrons. The number of benzene rings is 2. The zero-order valence-electron chi connectivity index (χ0n) is 15.6. The van der Waals surface area contributed by atoms with Crippen LogP contribution in [0.3, 0.4) is 0 Å². The van der Waals surface area contributed by atoms with Crippen molar-refractivity contribution in [2.24, 2.45) is 0 Å². The Labute approximate surface area is 166 Å². The number of Topliss-reactive ketones (excluding diaryl/α,β-unsaturated/α-hetero) is 1. The summed E-state index contributed by atoms with van der Waals surface area (Å²) in [5, 5.41) is 3.37. The Morgan fingerprint density at radius 1 is 1.15 bits per heavy atom. The van der Waals surface area contributed by atoms with Gasteiger partial charge in [0, 0.05) is 30.8 Å². The molecule has 0 spiro atoms. The molecule has 1 saturated heterocycles. The summed E-state index contributed by atoms with van der Waals surface area (Å²) in [7, 11) is 1.65. The third-order valence-electron chi connectivity index (χ3n) is 4.78. The van der Waals surface area contributed by atoms with Crippen molar-refractivity contribution < 1.29 is 14.3 Å². The van der Waals surface area contributed by atoms with Gasteiger partial charge in [-0.2, -0.15) is 0 Å². The molecule has 0 aliphatic carbocycles. The van der Waals surface area contributed by atoms with E-state index in [0.717, 1.165) is 23.4 Å². The van der Waals surface area contributed by atoms with Gasteiger partial charge in [-0.05, 0) is 18.6 Å². The first-order valence-corrected chi connectivity index (χ1v) is 8.83. The van der Waals surface area contributed by atoms with Gasteiger partial charge in [0.05, 0.1) is 19.6 Å². The van der Waals surface area contributed by atoms with E-state index in [0.29, 0.717) is 25.1 Å². The molecule has 0 aromatic heterocycles. The van der Waals surface area contributed by atoms with E-state index in [2.05, 4.69) is 5.32 Å². The number of nitrogens with one attached hydrogen (secondary N) is 1. The van der Waals surface area contributed by atoms with E-state index in [9.17, 15) is 9.59 Å². The predicted octanol–water partition coefficient (Wildman–Crippen LogP) is 3.04. The maximum absolute atomic E-state index is 13.0. The quantitative estimate of drug-likeness (QED) is 0.800. The molecule has 0 bridgehead atoms. The second kappa shape index (κ2) is 9.53. The highest BCUT2D eigenvalue weighted by atomic mass is 35.5. The standard InChI is InChI=1S/C21H24N2O3.ClH/c1-15(24)17-9-7-16(8-10-17)13-21(25)23-12-11-22-14-19(23)18-5-3-4-6-20(18)26-2;/h3-10,19,22H,11-14H2,1-2H3;1H. The number of rotatable bonds is 5. The first-order chi connectivity index (χ1) is 12.6. The van der Waals surface area contributed by atoms with Crippen LogP contribution in [-0.2, 0) is 11.2 Å². The molecule has 6 heteroatoms. The molecule has 27 heavy (non-hydrogen) atoms. The Morgan fingerprint density at radius 2 is 1.85 bits per heavy atom. The van der Waals surface area contributed by atoms with E-state index in [-0.39, 0.29) is 30.1 Å². The number of ketones is 1. The molecule has 1 unspecified atom stereocenters. The van der Waals surface area contributed by atoms with Gasteiger partial charge >= 0.3 is 0 Å². The molecule has 1 fully saturated rings. The number of ether oxygens (including phenoxy) is 1. The van der Waals surface area contributed by atoms with Crippen molar-refractivity contribution >= 4 is 24.1 Å². The van der Waals surface area contributed by atoms with E-state index < -0.39 is 0 Å². The minimum Gasteiger partial charge on any atom is -0.496 e. The van der Waals surface area contributed by atoms with Crippen LogP contribution in [-0.4, -0.2) is 43.3 Å². The number of hydrogen-bond donors (Lipinski definition) is 1. The number of para-hydroxylation sites is 1. The van der Waals surface area contributed by atoms with Crippen LogP contribution in [0.5, 0.6) is 5.75 Å². The minimum absolute atomic E-state index is 0. The summed E-state index contributed by atoms with van der Waals surface area (Å²) in [6, 6.07) is 15.1. The maximum Gasteiger partial charge on any atom is 0.227 e. The largest absolute Gasteiger partial charge is 0.496 e. The zero-order chi connectivity index (χ0) is 18.5. The molecule has 144 valence electrons. The van der Waals surface area contributed by atoms with Crippen molar-refractivity contribution in [3.63, 3.8) is 0 Å². The van der Waals surface area contributed by atoms with Gasteiger partial charge in [0.25, 0.3) is 0 Å². The lowest BCUT2D eigenvalue weighted by Crippen LogP contribution is -2.49. The minimum atomic E-state index is -0.0520. The fourth-order valence-corrected chi connectivity index (χ4v) is 3.36. The molecule has 1 aliphatic rings. The monoisotopic (exact) mass is 388 g/mol. The number of amides is 1. The summed E-state index contributed by atoms with van der Waals surface area (Å²) in [4.78, 5) is 26.3. The Kier molecular flexibility index (Phi) is 7.39. The lowest BCUT2D eigenvalue weighted by atomic mass is 10.0. The van der Waals surface area contributed by atoms with Crippen LogP contribution in [0.1, 0.15) is 34.5 Å². The third-order valence-corrected chi connectivity index (χ3v) is 4.78. The van der Waals surface area contributed by atoms with Crippen molar-refractivity contribution in [1.29, 1.82) is 0 Å². The number of nitrogens with zero attached hydrogens (tertiary/aromatic N) is 1. The number of methoxy groups -OCH3 is 1. The van der Waals surface area contributed by atoms with Crippen LogP contribution in [0.2, 0.25) is 0 Å². The summed E-state index contributed by atoms with van der Waals surface area (Å²) in [6.07, 6.45) is 0.323. The topological polar surface area (TPSA) is 58.6 Å². The first kappa shape index (κ1) is 20.9. The maximum atomic E-state index is 13.0. The summed E-state index contributed by atoms with van der Waals surface area (Å²) in [5.41, 5.74) is 2.59. The Morgan fingerprint density at radius 3 is 2.52 bits per heavy atom. The molecule has 1 aliphatic heterocycles. The number of halogens is 1. The van der Waals surface area contributed by atoms with Crippen molar-refractivity contribution in [2.75, 3.05) is 26.7 Å². The molecule has 1 heterocycles. The fraction of sp³-hybridized carbons (Fsp3) is 0.333. The van der Waals surface area contributed by atoms with Gasteiger partial charge in [-0.25, -0.2) is 0 Å². The second-order valence-electron chi connectivity index (χ2n) is 6.48. The second-order valence-corrected chi connectivity index (χ2v) is 6.48. The van der Waals surface area contributed by atoms with Gasteiger partial charge < -0.3 is 15.0 Å². The average Bonchev–Trinajstić information content (AvgIpc) is 2.68. The van der Waals surface area contributed by atoms with E-state index in [1.807, 2.05) is 41.3 Å². The lowest BCUT2D eigenvalue weighted by molar-refractivity contribution is -0.133. The van der Waals surface area contributed by atoms with Crippen LogP contribution in [0.15, 0.2) is 48.5 Å². The van der Waals surface area contributed by atoms with Crippen molar-refractivity contribution in [3.8, 4) is 5.75 Å². The molecule has 1 N–H and O–H groups in total. The lowest BCUT2D eigenvalue weighted by Gasteiger charge is -2.37. The molecule has 2 aromatic rings. The Balaban J connectivity index is 0.00000261. The van der Waals surface area contributed by atoms with Gasteiger partial charge in [-0.15, -0.1) is 12.4 Å². The van der Waals surface area contributed by atoms with Gasteiger partial charge in [-0.1, -0.05) is 42.5 Å². The smallest absolute Gasteiger partial charge is 0.227 e. The fourth-order valence-electron chi connectivity index (χ4n) is 3.36. The average molecular weight is 389 g/mol. The van der Waals surface area contributed by atoms with Gasteiger partial charge in [-0.3, -0.25) is 9.59 Å². The van der Waals surface area contributed by atoms with E-state index in [1.165, 1.54) is 0 Å². The third kappa shape index (κ3) is 4.87. The van der Waals surface area contributed by atoms with Crippen LogP contribution in [0.4, 0.5) is 0 Å². The highest BCUT2D eigenvalue weighted by molar-refractivity contribution is 5.94. The molecule has 1 amide bonds. The normalized spacial score (nSPS) is 16.4. The van der Waals surface area contributed by atoms with Gasteiger partial charge in [0.1, 0.15) is 5.75 Å². The molecule has 1 atom stereocenters. The van der Waals surface area contributed by atoms with Crippen LogP contribution < -0.4 is 10.1 Å². The van der Waals surface area contributed by atoms with Crippen LogP contribution >= 0.6 is 12.4 Å². The van der Waals surface area contributed by atoms with Gasteiger partial charge in [0.15, 0.2) is 5.78 Å². The molecular formula is C21H25ClN2O3. The zero-order valence-corrected chi connectivity index (χ0v) is 16.4. The van der Waals surface area contributed by atoms with Crippen molar-refractivity contribution in [1.82, 2.24) is 10.2 Å². The van der Waals surface area contributed by atoms with Crippen LogP contribution in [0, 0.1) is 0 Å². The van der Waals surface area contributed by atoms with Gasteiger partial charge in [0.2, 0.25) is 5.91 Å². The molecule has 5 nitrogen and oxygen atoms in total. The summed E-state index contributed by atoms with van der Waals surface area (Å²) < 4.78 is 5.48. The van der Waals surface area contributed by atoms with Crippen molar-refractivity contribution in [3.05, 3.63) is 65.2 Å².